The zero-order chi connectivity index (χ0) is 12.3. The first-order valence-electron chi connectivity index (χ1n) is 5.24. The van der Waals surface area contributed by atoms with E-state index in [1.165, 1.54) is 5.56 Å². The SMILES string of the molecule is CC(C)O.CC(C)O.Cc1ccccc1. The van der Waals surface area contributed by atoms with Gasteiger partial charge in [-0.3, -0.25) is 0 Å². The van der Waals surface area contributed by atoms with Crippen molar-refractivity contribution in [2.45, 2.75) is 46.8 Å². The van der Waals surface area contributed by atoms with Crippen LogP contribution in [0, 0.1) is 6.92 Å². The lowest BCUT2D eigenvalue weighted by atomic mass is 10.2. The second-order valence-corrected chi connectivity index (χ2v) is 3.84. The summed E-state index contributed by atoms with van der Waals surface area (Å²) in [4.78, 5) is 0. The normalized spacial score (nSPS) is 8.87. The summed E-state index contributed by atoms with van der Waals surface area (Å²) in [5, 5.41) is 16.1. The Morgan fingerprint density at radius 2 is 1.07 bits per heavy atom. The molecule has 1 aromatic carbocycles. The minimum absolute atomic E-state index is 0.167. The van der Waals surface area contributed by atoms with Crippen LogP contribution in [0.5, 0.6) is 0 Å². The van der Waals surface area contributed by atoms with Crippen molar-refractivity contribution < 1.29 is 10.2 Å². The zero-order valence-corrected chi connectivity index (χ0v) is 10.4. The van der Waals surface area contributed by atoms with Gasteiger partial charge in [0.05, 0.1) is 0 Å². The number of hydrogen-bond donors (Lipinski definition) is 2. The van der Waals surface area contributed by atoms with Gasteiger partial charge in [0, 0.05) is 12.2 Å². The molecule has 0 atom stereocenters. The van der Waals surface area contributed by atoms with Crippen LogP contribution in [0.25, 0.3) is 0 Å². The van der Waals surface area contributed by atoms with Gasteiger partial charge in [0.1, 0.15) is 0 Å². The standard InChI is InChI=1S/C7H8.2C3H8O/c1-7-5-3-2-4-6-7;2*1-3(2)4/h2-6H,1H3;2*3-4H,1-2H3. The Kier molecular flexibility index (Phi) is 12.4. The highest BCUT2D eigenvalue weighted by Crippen LogP contribution is 1.92. The van der Waals surface area contributed by atoms with Crippen LogP contribution in [0.3, 0.4) is 0 Å². The molecular weight excluding hydrogens is 188 g/mol. The lowest BCUT2D eigenvalue weighted by Gasteiger charge is -1.82. The van der Waals surface area contributed by atoms with E-state index in [4.69, 9.17) is 10.2 Å². The van der Waals surface area contributed by atoms with E-state index in [1.54, 1.807) is 27.7 Å². The summed E-state index contributed by atoms with van der Waals surface area (Å²) in [5.74, 6) is 0. The third-order valence-electron chi connectivity index (χ3n) is 0.940. The second-order valence-electron chi connectivity index (χ2n) is 3.84. The molecule has 2 nitrogen and oxygen atoms in total. The molecule has 0 aliphatic carbocycles. The number of benzene rings is 1. The summed E-state index contributed by atoms with van der Waals surface area (Å²) in [6.07, 6.45) is -0.333. The third-order valence-corrected chi connectivity index (χ3v) is 0.940. The van der Waals surface area contributed by atoms with Gasteiger partial charge in [0.25, 0.3) is 0 Å². The van der Waals surface area contributed by atoms with Crippen LogP contribution in [0.4, 0.5) is 0 Å². The van der Waals surface area contributed by atoms with Crippen LogP contribution in [-0.4, -0.2) is 22.4 Å². The molecule has 0 saturated heterocycles. The van der Waals surface area contributed by atoms with E-state index in [0.29, 0.717) is 0 Å². The summed E-state index contributed by atoms with van der Waals surface area (Å²) in [7, 11) is 0. The average molecular weight is 212 g/mol. The Bertz CT molecular complexity index is 194. The Labute approximate surface area is 93.6 Å². The Balaban J connectivity index is 0. The molecule has 0 aliphatic heterocycles. The molecule has 0 aromatic heterocycles. The van der Waals surface area contributed by atoms with Crippen molar-refractivity contribution in [1.29, 1.82) is 0 Å². The van der Waals surface area contributed by atoms with Crippen molar-refractivity contribution in [3.63, 3.8) is 0 Å². The van der Waals surface area contributed by atoms with Crippen LogP contribution >= 0.6 is 0 Å². The molecule has 2 heteroatoms. The van der Waals surface area contributed by atoms with E-state index in [2.05, 4.69) is 19.1 Å². The van der Waals surface area contributed by atoms with E-state index in [-0.39, 0.29) is 12.2 Å². The van der Waals surface area contributed by atoms with Gasteiger partial charge in [-0.1, -0.05) is 35.9 Å². The molecule has 0 aliphatic rings. The zero-order valence-electron chi connectivity index (χ0n) is 10.4. The highest BCUT2D eigenvalue weighted by atomic mass is 16.3. The van der Waals surface area contributed by atoms with Gasteiger partial charge in [-0.05, 0) is 34.6 Å². The number of hydrogen-bond acceptors (Lipinski definition) is 2. The molecule has 0 amide bonds. The molecule has 0 unspecified atom stereocenters. The minimum Gasteiger partial charge on any atom is -0.394 e. The van der Waals surface area contributed by atoms with Gasteiger partial charge in [-0.15, -0.1) is 0 Å². The molecule has 15 heavy (non-hydrogen) atoms. The molecule has 0 saturated carbocycles. The molecule has 1 aromatic rings. The minimum atomic E-state index is -0.167. The first-order valence-corrected chi connectivity index (χ1v) is 5.24. The van der Waals surface area contributed by atoms with Gasteiger partial charge in [0.15, 0.2) is 0 Å². The quantitative estimate of drug-likeness (QED) is 0.694. The average Bonchev–Trinajstić information content (AvgIpc) is 2.03. The van der Waals surface area contributed by atoms with Gasteiger partial charge in [-0.25, -0.2) is 0 Å². The van der Waals surface area contributed by atoms with Crippen molar-refractivity contribution >= 4 is 0 Å². The smallest absolute Gasteiger partial charge is 0.0483 e. The number of aliphatic hydroxyl groups is 2. The molecule has 0 spiro atoms. The second kappa shape index (κ2) is 11.2. The lowest BCUT2D eigenvalue weighted by molar-refractivity contribution is 0.215. The van der Waals surface area contributed by atoms with Gasteiger partial charge in [0.2, 0.25) is 0 Å². The van der Waals surface area contributed by atoms with E-state index in [0.717, 1.165) is 0 Å². The summed E-state index contributed by atoms with van der Waals surface area (Å²) in [5.41, 5.74) is 1.32. The van der Waals surface area contributed by atoms with Gasteiger partial charge < -0.3 is 10.2 Å². The van der Waals surface area contributed by atoms with Crippen LogP contribution in [0.15, 0.2) is 30.3 Å². The maximum absolute atomic E-state index is 8.06. The summed E-state index contributed by atoms with van der Waals surface area (Å²) in [6, 6.07) is 10.3. The van der Waals surface area contributed by atoms with Gasteiger partial charge in [-0.2, -0.15) is 0 Å². The van der Waals surface area contributed by atoms with Crippen molar-refractivity contribution in [2.75, 3.05) is 0 Å². The topological polar surface area (TPSA) is 40.5 Å². The molecule has 88 valence electrons. The highest BCUT2D eigenvalue weighted by Gasteiger charge is 1.72. The van der Waals surface area contributed by atoms with Crippen LogP contribution < -0.4 is 0 Å². The Morgan fingerprint density at radius 3 is 1.20 bits per heavy atom. The predicted molar refractivity (Wildman–Crippen MR) is 65.9 cm³/mol. The largest absolute Gasteiger partial charge is 0.394 e. The van der Waals surface area contributed by atoms with Crippen molar-refractivity contribution in [3.8, 4) is 0 Å². The van der Waals surface area contributed by atoms with E-state index in [9.17, 15) is 0 Å². The third kappa shape index (κ3) is 32.0. The maximum atomic E-state index is 8.06. The summed E-state index contributed by atoms with van der Waals surface area (Å²) in [6.45, 7) is 8.97. The van der Waals surface area contributed by atoms with Crippen LogP contribution in [0.2, 0.25) is 0 Å². The van der Waals surface area contributed by atoms with Crippen molar-refractivity contribution in [3.05, 3.63) is 35.9 Å². The monoisotopic (exact) mass is 212 g/mol. The molecule has 1 rings (SSSR count). The van der Waals surface area contributed by atoms with E-state index in [1.807, 2.05) is 18.2 Å². The molecule has 0 heterocycles. The van der Waals surface area contributed by atoms with Crippen LogP contribution in [0.1, 0.15) is 33.3 Å². The van der Waals surface area contributed by atoms with Crippen molar-refractivity contribution in [2.24, 2.45) is 0 Å². The first kappa shape index (κ1) is 16.6. The Morgan fingerprint density at radius 1 is 0.800 bits per heavy atom. The van der Waals surface area contributed by atoms with E-state index >= 15 is 0 Å². The fraction of sp³-hybridized carbons (Fsp3) is 0.538. The number of aryl methyl sites for hydroxylation is 1. The predicted octanol–water partition coefficient (Wildman–Crippen LogP) is 2.77. The van der Waals surface area contributed by atoms with Crippen LogP contribution in [-0.2, 0) is 0 Å². The molecule has 0 bridgehead atoms. The Hall–Kier alpha value is -0.860. The number of rotatable bonds is 0. The fourth-order valence-corrected chi connectivity index (χ4v) is 0.534. The summed E-state index contributed by atoms with van der Waals surface area (Å²) >= 11 is 0. The fourth-order valence-electron chi connectivity index (χ4n) is 0.534. The maximum Gasteiger partial charge on any atom is 0.0483 e. The molecular formula is C13H24O2. The van der Waals surface area contributed by atoms with E-state index < -0.39 is 0 Å². The first-order chi connectivity index (χ1) is 6.86. The number of aliphatic hydroxyl groups excluding tert-OH is 2. The van der Waals surface area contributed by atoms with Crippen molar-refractivity contribution in [1.82, 2.24) is 0 Å². The van der Waals surface area contributed by atoms with Gasteiger partial charge >= 0.3 is 0 Å². The highest BCUT2D eigenvalue weighted by molar-refractivity contribution is 5.11. The molecule has 2 N–H and O–H groups in total. The molecule has 0 radical (unpaired) electrons. The molecule has 0 fully saturated rings. The summed E-state index contributed by atoms with van der Waals surface area (Å²) < 4.78 is 0. The lowest BCUT2D eigenvalue weighted by Crippen LogP contribution is -1.85.